The normalized spacial score (nSPS) is 11.3. The number of hydrogen-bond acceptors (Lipinski definition) is 4. The zero-order valence-electron chi connectivity index (χ0n) is 8.88. The Labute approximate surface area is 94.8 Å². The highest BCUT2D eigenvalue weighted by molar-refractivity contribution is 8.71. The fraction of sp³-hybridized carbons (Fsp3) is 0.400. The van der Waals surface area contributed by atoms with Gasteiger partial charge >= 0.3 is 0 Å². The van der Waals surface area contributed by atoms with Gasteiger partial charge in [-0.2, -0.15) is 0 Å². The van der Waals surface area contributed by atoms with E-state index in [1.54, 1.807) is 0 Å². The molecule has 0 radical (unpaired) electrons. The number of para-hydroxylation sites is 1. The number of hydrogen-bond donors (Lipinski definition) is 0. The average Bonchev–Trinajstić information content (AvgIpc) is 2.17. The van der Waals surface area contributed by atoms with Crippen molar-refractivity contribution < 1.29 is 8.42 Å². The molecule has 0 N–H and O–H groups in total. The summed E-state index contributed by atoms with van der Waals surface area (Å²) in [6, 6.07) is 9.91. The highest BCUT2D eigenvalue weighted by atomic mass is 33.1. The maximum atomic E-state index is 10.9. The maximum absolute atomic E-state index is 10.9. The summed E-state index contributed by atoms with van der Waals surface area (Å²) in [6.45, 7) is 0.724. The summed E-state index contributed by atoms with van der Waals surface area (Å²) >= 11 is 0. The molecule has 0 aromatic heterocycles. The molecule has 0 saturated heterocycles. The molecule has 15 heavy (non-hydrogen) atoms. The zero-order valence-corrected chi connectivity index (χ0v) is 10.5. The molecule has 0 atom stereocenters. The van der Waals surface area contributed by atoms with E-state index < -0.39 is 8.87 Å². The van der Waals surface area contributed by atoms with Crippen molar-refractivity contribution >= 4 is 25.4 Å². The Morgan fingerprint density at radius 3 is 2.40 bits per heavy atom. The third-order valence-corrected chi connectivity index (χ3v) is 4.48. The van der Waals surface area contributed by atoms with Gasteiger partial charge in [-0.1, -0.05) is 18.2 Å². The van der Waals surface area contributed by atoms with Crippen LogP contribution in [-0.4, -0.2) is 34.0 Å². The van der Waals surface area contributed by atoms with Crippen LogP contribution in [0.2, 0.25) is 0 Å². The van der Waals surface area contributed by atoms with Crippen LogP contribution in [-0.2, 0) is 8.87 Å². The second-order valence-corrected chi connectivity index (χ2v) is 7.86. The molecule has 0 amide bonds. The first kappa shape index (κ1) is 12.4. The van der Waals surface area contributed by atoms with Crippen molar-refractivity contribution in [2.24, 2.45) is 0 Å². The predicted octanol–water partition coefficient (Wildman–Crippen LogP) is 1.82. The van der Waals surface area contributed by atoms with Crippen LogP contribution in [0.25, 0.3) is 0 Å². The Morgan fingerprint density at radius 2 is 1.87 bits per heavy atom. The molecule has 1 aromatic rings. The van der Waals surface area contributed by atoms with Crippen molar-refractivity contribution in [2.75, 3.05) is 30.5 Å². The van der Waals surface area contributed by atoms with E-state index in [2.05, 4.69) is 0 Å². The van der Waals surface area contributed by atoms with Crippen LogP contribution in [0, 0.1) is 0 Å². The van der Waals surface area contributed by atoms with Crippen LogP contribution < -0.4 is 4.90 Å². The Bertz CT molecular complexity index is 389. The first-order chi connectivity index (χ1) is 6.99. The third-order valence-electron chi connectivity index (χ3n) is 1.92. The van der Waals surface area contributed by atoms with E-state index in [0.29, 0.717) is 5.75 Å². The summed E-state index contributed by atoms with van der Waals surface area (Å²) in [5.74, 6) is 0.588. The first-order valence-electron chi connectivity index (χ1n) is 4.59. The molecule has 5 heteroatoms. The SMILES string of the molecule is CN(CCSS(C)(=O)=O)c1ccccc1. The molecule has 0 heterocycles. The molecular weight excluding hydrogens is 230 g/mol. The van der Waals surface area contributed by atoms with Crippen LogP contribution >= 0.6 is 10.8 Å². The van der Waals surface area contributed by atoms with Gasteiger partial charge in [0.25, 0.3) is 0 Å². The van der Waals surface area contributed by atoms with Crippen LogP contribution in [0.15, 0.2) is 30.3 Å². The van der Waals surface area contributed by atoms with Crippen molar-refractivity contribution in [1.82, 2.24) is 0 Å². The molecule has 0 bridgehead atoms. The van der Waals surface area contributed by atoms with Crippen LogP contribution in [0.5, 0.6) is 0 Å². The van der Waals surface area contributed by atoms with Crippen LogP contribution in [0.1, 0.15) is 0 Å². The van der Waals surface area contributed by atoms with E-state index >= 15 is 0 Å². The second-order valence-electron chi connectivity index (χ2n) is 3.28. The molecule has 0 aliphatic carbocycles. The number of anilines is 1. The molecule has 0 fully saturated rings. The van der Waals surface area contributed by atoms with Crippen LogP contribution in [0.3, 0.4) is 0 Å². The summed E-state index contributed by atoms with van der Waals surface area (Å²) < 4.78 is 21.8. The molecular formula is C10H15NO2S2. The van der Waals surface area contributed by atoms with Crippen molar-refractivity contribution in [3.05, 3.63) is 30.3 Å². The quantitative estimate of drug-likeness (QED) is 0.742. The van der Waals surface area contributed by atoms with Gasteiger partial charge in [0, 0.05) is 31.3 Å². The highest BCUT2D eigenvalue weighted by Gasteiger charge is 2.04. The monoisotopic (exact) mass is 245 g/mol. The lowest BCUT2D eigenvalue weighted by molar-refractivity contribution is 0.615. The molecule has 1 rings (SSSR count). The fourth-order valence-electron chi connectivity index (χ4n) is 1.14. The smallest absolute Gasteiger partial charge is 0.198 e. The minimum absolute atomic E-state index is 0.588. The summed E-state index contributed by atoms with van der Waals surface area (Å²) in [6.07, 6.45) is 1.24. The lowest BCUT2D eigenvalue weighted by Gasteiger charge is -2.18. The standard InChI is InChI=1S/C10H15NO2S2/c1-11(8-9-14-15(2,12)13)10-6-4-3-5-7-10/h3-7H,8-9H2,1-2H3. The van der Waals surface area contributed by atoms with Crippen molar-refractivity contribution in [3.63, 3.8) is 0 Å². The Kier molecular flexibility index (Phi) is 4.47. The van der Waals surface area contributed by atoms with E-state index in [-0.39, 0.29) is 0 Å². The Balaban J connectivity index is 2.41. The van der Waals surface area contributed by atoms with E-state index in [4.69, 9.17) is 0 Å². The van der Waals surface area contributed by atoms with Gasteiger partial charge in [0.2, 0.25) is 0 Å². The van der Waals surface area contributed by atoms with Gasteiger partial charge in [-0.3, -0.25) is 0 Å². The zero-order chi connectivity index (χ0) is 11.3. The molecule has 3 nitrogen and oxygen atoms in total. The van der Waals surface area contributed by atoms with Gasteiger partial charge in [0.1, 0.15) is 0 Å². The van der Waals surface area contributed by atoms with Gasteiger partial charge in [0.05, 0.1) is 0 Å². The fourth-order valence-corrected chi connectivity index (χ4v) is 2.92. The van der Waals surface area contributed by atoms with Crippen molar-refractivity contribution in [3.8, 4) is 0 Å². The average molecular weight is 245 g/mol. The van der Waals surface area contributed by atoms with Crippen molar-refractivity contribution in [1.29, 1.82) is 0 Å². The largest absolute Gasteiger partial charge is 0.374 e. The summed E-state index contributed by atoms with van der Waals surface area (Å²) in [5.41, 5.74) is 1.10. The third kappa shape index (κ3) is 5.09. The first-order valence-corrected chi connectivity index (χ1v) is 7.99. The number of benzene rings is 1. The summed E-state index contributed by atoms with van der Waals surface area (Å²) in [5, 5.41) is 0. The van der Waals surface area contributed by atoms with E-state index in [1.807, 2.05) is 42.3 Å². The molecule has 0 aliphatic rings. The maximum Gasteiger partial charge on any atom is 0.198 e. The Hall–Kier alpha value is -0.680. The van der Waals surface area contributed by atoms with Crippen molar-refractivity contribution in [2.45, 2.75) is 0 Å². The lowest BCUT2D eigenvalue weighted by atomic mass is 10.3. The Morgan fingerprint density at radius 1 is 1.27 bits per heavy atom. The van der Waals surface area contributed by atoms with E-state index in [9.17, 15) is 8.42 Å². The van der Waals surface area contributed by atoms with Crippen LogP contribution in [0.4, 0.5) is 5.69 Å². The van der Waals surface area contributed by atoms with Gasteiger partial charge in [0.15, 0.2) is 8.87 Å². The van der Waals surface area contributed by atoms with E-state index in [1.165, 1.54) is 6.26 Å². The molecule has 84 valence electrons. The molecule has 0 unspecified atom stereocenters. The highest BCUT2D eigenvalue weighted by Crippen LogP contribution is 2.14. The van der Waals surface area contributed by atoms with E-state index in [0.717, 1.165) is 23.0 Å². The second kappa shape index (κ2) is 5.42. The van der Waals surface area contributed by atoms with Gasteiger partial charge in [-0.05, 0) is 22.9 Å². The minimum Gasteiger partial charge on any atom is -0.374 e. The van der Waals surface area contributed by atoms with Gasteiger partial charge in [-0.15, -0.1) is 0 Å². The topological polar surface area (TPSA) is 37.4 Å². The van der Waals surface area contributed by atoms with Gasteiger partial charge in [-0.25, -0.2) is 8.42 Å². The number of nitrogens with zero attached hydrogens (tertiary/aromatic N) is 1. The molecule has 0 spiro atoms. The summed E-state index contributed by atoms with van der Waals surface area (Å²) in [7, 11) is 0.0317. The van der Waals surface area contributed by atoms with Gasteiger partial charge < -0.3 is 4.90 Å². The number of rotatable bonds is 5. The summed E-state index contributed by atoms with van der Waals surface area (Å²) in [4.78, 5) is 2.04. The minimum atomic E-state index is -2.91. The lowest BCUT2D eigenvalue weighted by Crippen LogP contribution is -2.20. The molecule has 0 aliphatic heterocycles. The molecule has 1 aromatic carbocycles. The predicted molar refractivity (Wildman–Crippen MR) is 67.0 cm³/mol. The molecule has 0 saturated carbocycles.